The first-order valence-corrected chi connectivity index (χ1v) is 15.5. The number of hydrogen-bond acceptors (Lipinski definition) is 5. The molecule has 0 unspecified atom stereocenters. The van der Waals surface area contributed by atoms with Crippen LogP contribution in [0.2, 0.25) is 0 Å². The van der Waals surface area contributed by atoms with Gasteiger partial charge in [0.2, 0.25) is 15.9 Å². The number of nitrogens with one attached hydrogen (secondary N) is 2. The zero-order chi connectivity index (χ0) is 29.9. The zero-order valence-corrected chi connectivity index (χ0v) is 23.6. The summed E-state index contributed by atoms with van der Waals surface area (Å²) in [7, 11) is -3.45. The van der Waals surface area contributed by atoms with Crippen molar-refractivity contribution in [3.05, 3.63) is 94.8 Å². The lowest BCUT2D eigenvalue weighted by Gasteiger charge is -2.35. The number of rotatable bonds is 11. The molecule has 2 N–H and O–H groups in total. The molecular formula is C30H32F4N4O3S. The highest BCUT2D eigenvalue weighted by molar-refractivity contribution is 7.89. The molecule has 1 aliphatic heterocycles. The third kappa shape index (κ3) is 7.53. The Balaban J connectivity index is 1.33. The molecule has 0 spiro atoms. The molecule has 1 saturated carbocycles. The number of aromatic nitrogens is 1. The molecule has 3 aromatic rings. The molecule has 12 heteroatoms. The summed E-state index contributed by atoms with van der Waals surface area (Å²) >= 11 is 0. The summed E-state index contributed by atoms with van der Waals surface area (Å²) in [5.41, 5.74) is 0.952. The molecule has 2 fully saturated rings. The van der Waals surface area contributed by atoms with Crippen LogP contribution in [0, 0.1) is 29.2 Å². The average Bonchev–Trinajstić information content (AvgIpc) is 3.75. The fourth-order valence-electron chi connectivity index (χ4n) is 5.45. The number of amides is 1. The second-order valence-corrected chi connectivity index (χ2v) is 12.9. The maximum absolute atomic E-state index is 15.0. The summed E-state index contributed by atoms with van der Waals surface area (Å²) in [6, 6.07) is 7.83. The summed E-state index contributed by atoms with van der Waals surface area (Å²) in [6.07, 6.45) is 4.36. The third-order valence-corrected chi connectivity index (χ3v) is 9.84. The van der Waals surface area contributed by atoms with Crippen LogP contribution >= 0.6 is 0 Å². The first kappa shape index (κ1) is 30.1. The fourth-order valence-corrected chi connectivity index (χ4v) is 7.58. The van der Waals surface area contributed by atoms with E-state index in [2.05, 4.69) is 15.6 Å². The van der Waals surface area contributed by atoms with Crippen molar-refractivity contribution in [1.82, 2.24) is 14.6 Å². The van der Waals surface area contributed by atoms with Crippen LogP contribution < -0.4 is 10.6 Å². The molecule has 2 aromatic carbocycles. The van der Waals surface area contributed by atoms with Gasteiger partial charge < -0.3 is 10.6 Å². The van der Waals surface area contributed by atoms with E-state index in [4.69, 9.17) is 0 Å². The van der Waals surface area contributed by atoms with E-state index in [1.807, 2.05) is 0 Å². The number of pyridine rings is 1. The summed E-state index contributed by atoms with van der Waals surface area (Å²) in [5, 5.41) is 5.88. The number of anilines is 1. The Morgan fingerprint density at radius 3 is 2.40 bits per heavy atom. The number of halogens is 4. The Hall–Kier alpha value is -3.35. The minimum absolute atomic E-state index is 0.124. The van der Waals surface area contributed by atoms with Gasteiger partial charge in [-0.2, -0.15) is 4.31 Å². The number of nitrogens with zero attached hydrogens (tertiary/aromatic N) is 2. The van der Waals surface area contributed by atoms with E-state index in [9.17, 15) is 26.4 Å². The molecule has 42 heavy (non-hydrogen) atoms. The van der Waals surface area contributed by atoms with Crippen molar-refractivity contribution < 1.29 is 30.8 Å². The van der Waals surface area contributed by atoms with Crippen molar-refractivity contribution in [3.8, 4) is 0 Å². The monoisotopic (exact) mass is 604 g/mol. The number of carbonyl (C=O) groups is 1. The topological polar surface area (TPSA) is 91.4 Å². The van der Waals surface area contributed by atoms with Gasteiger partial charge in [-0.15, -0.1) is 0 Å². The molecule has 5 rings (SSSR count). The van der Waals surface area contributed by atoms with Crippen LogP contribution in [0.15, 0.2) is 54.9 Å². The smallest absolute Gasteiger partial charge is 0.225 e. The highest BCUT2D eigenvalue weighted by atomic mass is 32.2. The molecule has 0 radical (unpaired) electrons. The van der Waals surface area contributed by atoms with E-state index in [0.29, 0.717) is 31.6 Å². The molecule has 2 aliphatic rings. The lowest BCUT2D eigenvalue weighted by Crippen LogP contribution is -2.54. The van der Waals surface area contributed by atoms with Crippen LogP contribution in [-0.4, -0.2) is 55.0 Å². The summed E-state index contributed by atoms with van der Waals surface area (Å²) in [5.74, 6) is -3.86. The van der Waals surface area contributed by atoms with Gasteiger partial charge in [0.15, 0.2) is 0 Å². The van der Waals surface area contributed by atoms with Gasteiger partial charge in [-0.1, -0.05) is 12.1 Å². The minimum atomic E-state index is -3.45. The standard InChI is InChI=1S/C30H32F4N4O3S/c31-22-5-3-20(4-6-22)27(21-11-23(32)13-24(33)12-21)14-30(39)37-29-17-36-16-28(34)26(29)8-7-25-15-35-9-10-38(25)42(40,41)18-19-1-2-19/h3-6,11-13,16-17,19,25,27,35H,1-2,7-10,14-15,18H2,(H,37,39)/t25-,27-/m0/s1. The average molecular weight is 605 g/mol. The predicted octanol–water partition coefficient (Wildman–Crippen LogP) is 4.74. The van der Waals surface area contributed by atoms with E-state index in [-0.39, 0.29) is 47.4 Å². The van der Waals surface area contributed by atoms with Crippen molar-refractivity contribution in [2.45, 2.75) is 44.1 Å². The van der Waals surface area contributed by atoms with Crippen LogP contribution in [-0.2, 0) is 21.2 Å². The van der Waals surface area contributed by atoms with Gasteiger partial charge in [-0.3, -0.25) is 9.78 Å². The SMILES string of the molecule is O=C(C[C@@H](c1ccc(F)cc1)c1cc(F)cc(F)c1)Nc1cncc(F)c1CC[C@H]1CNCCN1S(=O)(=O)CC1CC1. The zero-order valence-electron chi connectivity index (χ0n) is 22.8. The molecule has 2 atom stereocenters. The van der Waals surface area contributed by atoms with Crippen molar-refractivity contribution in [1.29, 1.82) is 0 Å². The first-order valence-electron chi connectivity index (χ1n) is 13.9. The molecule has 1 aliphatic carbocycles. The third-order valence-electron chi connectivity index (χ3n) is 7.75. The van der Waals surface area contributed by atoms with Crippen LogP contribution in [0.3, 0.4) is 0 Å². The van der Waals surface area contributed by atoms with Gasteiger partial charge in [0.1, 0.15) is 23.3 Å². The molecule has 224 valence electrons. The largest absolute Gasteiger partial charge is 0.324 e. The second kappa shape index (κ2) is 12.9. The maximum atomic E-state index is 15.0. The van der Waals surface area contributed by atoms with Crippen LogP contribution in [0.1, 0.15) is 48.3 Å². The second-order valence-electron chi connectivity index (χ2n) is 10.9. The summed E-state index contributed by atoms with van der Waals surface area (Å²) in [4.78, 5) is 17.1. The van der Waals surface area contributed by atoms with Gasteiger partial charge >= 0.3 is 0 Å². The molecule has 1 aromatic heterocycles. The van der Waals surface area contributed by atoms with E-state index in [1.165, 1.54) is 34.8 Å². The fraction of sp³-hybridized carbons (Fsp3) is 0.400. The minimum Gasteiger partial charge on any atom is -0.324 e. The lowest BCUT2D eigenvalue weighted by molar-refractivity contribution is -0.116. The Labute approximate surface area is 242 Å². The Kier molecular flexibility index (Phi) is 9.24. The van der Waals surface area contributed by atoms with Crippen molar-refractivity contribution in [2.24, 2.45) is 5.92 Å². The number of piperazine rings is 1. The maximum Gasteiger partial charge on any atom is 0.225 e. The highest BCUT2D eigenvalue weighted by Gasteiger charge is 2.36. The van der Waals surface area contributed by atoms with Crippen molar-refractivity contribution in [3.63, 3.8) is 0 Å². The van der Waals surface area contributed by atoms with Gasteiger partial charge in [0, 0.05) is 49.6 Å². The number of hydrogen-bond donors (Lipinski definition) is 2. The Bertz CT molecular complexity index is 1510. The van der Waals surface area contributed by atoms with Crippen LogP contribution in [0.5, 0.6) is 0 Å². The normalized spacial score (nSPS) is 18.5. The van der Waals surface area contributed by atoms with Crippen LogP contribution in [0.25, 0.3) is 0 Å². The Morgan fingerprint density at radius 2 is 1.71 bits per heavy atom. The predicted molar refractivity (Wildman–Crippen MR) is 150 cm³/mol. The van der Waals surface area contributed by atoms with E-state index in [0.717, 1.165) is 37.2 Å². The van der Waals surface area contributed by atoms with Gasteiger partial charge in [-0.25, -0.2) is 26.0 Å². The number of benzene rings is 2. The molecule has 1 amide bonds. The number of sulfonamides is 1. The lowest BCUT2D eigenvalue weighted by atomic mass is 9.88. The quantitative estimate of drug-likeness (QED) is 0.309. The highest BCUT2D eigenvalue weighted by Crippen LogP contribution is 2.33. The van der Waals surface area contributed by atoms with E-state index >= 15 is 4.39 Å². The Morgan fingerprint density at radius 1 is 1.00 bits per heavy atom. The van der Waals surface area contributed by atoms with Gasteiger partial charge in [-0.05, 0) is 67.0 Å². The van der Waals surface area contributed by atoms with E-state index in [1.54, 1.807) is 0 Å². The molecule has 0 bridgehead atoms. The van der Waals surface area contributed by atoms with E-state index < -0.39 is 45.1 Å². The molecule has 2 heterocycles. The van der Waals surface area contributed by atoms with Crippen molar-refractivity contribution in [2.75, 3.05) is 30.7 Å². The molecule has 7 nitrogen and oxygen atoms in total. The van der Waals surface area contributed by atoms with Crippen molar-refractivity contribution >= 4 is 21.6 Å². The summed E-state index contributed by atoms with van der Waals surface area (Å²) < 4.78 is 84.3. The first-order chi connectivity index (χ1) is 20.1. The van der Waals surface area contributed by atoms with Gasteiger partial charge in [0.05, 0.1) is 23.8 Å². The van der Waals surface area contributed by atoms with Crippen LogP contribution in [0.4, 0.5) is 23.2 Å². The molecular weight excluding hydrogens is 572 g/mol. The van der Waals surface area contributed by atoms with Gasteiger partial charge in [0.25, 0.3) is 0 Å². The molecule has 1 saturated heterocycles. The number of carbonyl (C=O) groups excluding carboxylic acids is 1. The summed E-state index contributed by atoms with van der Waals surface area (Å²) in [6.45, 7) is 1.31.